The van der Waals surface area contributed by atoms with Crippen LogP contribution >= 0.6 is 0 Å². The lowest BCUT2D eigenvalue weighted by atomic mass is 9.72. The van der Waals surface area contributed by atoms with Crippen LogP contribution < -0.4 is 0 Å². The summed E-state index contributed by atoms with van der Waals surface area (Å²) in [7, 11) is 0. The predicted molar refractivity (Wildman–Crippen MR) is 111 cm³/mol. The Morgan fingerprint density at radius 3 is 2.52 bits per heavy atom. The monoisotopic (exact) mass is 432 g/mol. The molecule has 0 spiro atoms. The fourth-order valence-electron chi connectivity index (χ4n) is 5.75. The van der Waals surface area contributed by atoms with Gasteiger partial charge in [-0.2, -0.15) is 0 Å². The topological polar surface area (TPSA) is 102 Å². The van der Waals surface area contributed by atoms with E-state index in [9.17, 15) is 19.8 Å². The molecular weight excluding hydrogens is 400 g/mol. The van der Waals surface area contributed by atoms with E-state index in [0.717, 1.165) is 11.1 Å². The summed E-state index contributed by atoms with van der Waals surface area (Å²) < 4.78 is 17.4. The van der Waals surface area contributed by atoms with E-state index in [0.29, 0.717) is 30.6 Å². The maximum absolute atomic E-state index is 12.6. The summed E-state index contributed by atoms with van der Waals surface area (Å²) >= 11 is 0. The Kier molecular flexibility index (Phi) is 5.13. The number of carbonyl (C=O) groups excluding carboxylic acids is 2. The van der Waals surface area contributed by atoms with Gasteiger partial charge in [-0.1, -0.05) is 19.9 Å². The Balaban J connectivity index is 1.83. The summed E-state index contributed by atoms with van der Waals surface area (Å²) in [5.41, 5.74) is 1.65. The Bertz CT molecular complexity index is 922. The minimum absolute atomic E-state index is 0.0244. The number of carbonyl (C=O) groups is 2. The van der Waals surface area contributed by atoms with Gasteiger partial charge in [-0.3, -0.25) is 4.79 Å². The molecule has 4 rings (SSSR count). The van der Waals surface area contributed by atoms with Gasteiger partial charge in [0, 0.05) is 5.92 Å². The van der Waals surface area contributed by atoms with E-state index in [1.54, 1.807) is 0 Å². The predicted octanol–water partition coefficient (Wildman–Crippen LogP) is 3.69. The smallest absolute Gasteiger partial charge is 0.373 e. The first kappa shape index (κ1) is 22.1. The quantitative estimate of drug-likeness (QED) is 0.481. The zero-order valence-corrected chi connectivity index (χ0v) is 19.0. The number of hydrogen-bond donors (Lipinski definition) is 2. The van der Waals surface area contributed by atoms with Crippen LogP contribution in [0.5, 0.6) is 0 Å². The van der Waals surface area contributed by atoms with Gasteiger partial charge in [0.2, 0.25) is 5.76 Å². The molecule has 4 aliphatic rings. The van der Waals surface area contributed by atoms with Crippen LogP contribution in [-0.4, -0.2) is 39.6 Å². The van der Waals surface area contributed by atoms with Gasteiger partial charge in [0.05, 0.1) is 12.0 Å². The second-order valence-corrected chi connectivity index (χ2v) is 10.1. The van der Waals surface area contributed by atoms with E-state index >= 15 is 0 Å². The molecule has 1 aliphatic carbocycles. The summed E-state index contributed by atoms with van der Waals surface area (Å²) in [6, 6.07) is 0. The van der Waals surface area contributed by atoms with Gasteiger partial charge in [0.25, 0.3) is 0 Å². The molecule has 0 radical (unpaired) electrons. The van der Waals surface area contributed by atoms with Gasteiger partial charge in [-0.05, 0) is 69.6 Å². The first-order valence-electron chi connectivity index (χ1n) is 11.0. The standard InChI is InChI=1S/C24H32O7/c1-11(2)15-14-8-7-12(3)20-16-17(24(6,28)30-20)21(26)29-19(16)13(4)9-10-23(14,5)31-22(27)18(15)25/h7,11,14,16-17,20,25,28H,8-10H2,1-6H3/t14-,16+,17-,20-,23+,24-/m1/s1. The normalized spacial score (nSPS) is 40.8. The number of ether oxygens (including phenoxy) is 3. The van der Waals surface area contributed by atoms with Crippen molar-refractivity contribution < 1.29 is 34.0 Å². The van der Waals surface area contributed by atoms with Crippen LogP contribution in [0, 0.1) is 23.7 Å². The van der Waals surface area contributed by atoms with Crippen molar-refractivity contribution in [2.75, 3.05) is 0 Å². The highest BCUT2D eigenvalue weighted by molar-refractivity contribution is 5.88. The molecule has 2 saturated heterocycles. The van der Waals surface area contributed by atoms with Crippen molar-refractivity contribution in [2.24, 2.45) is 23.7 Å². The van der Waals surface area contributed by atoms with Gasteiger partial charge < -0.3 is 24.4 Å². The van der Waals surface area contributed by atoms with E-state index in [-0.39, 0.29) is 23.5 Å². The highest BCUT2D eigenvalue weighted by atomic mass is 16.7. The molecule has 0 saturated carbocycles. The summed E-state index contributed by atoms with van der Waals surface area (Å²) in [5, 5.41) is 21.3. The molecule has 0 aromatic carbocycles. The zero-order valence-electron chi connectivity index (χ0n) is 19.0. The van der Waals surface area contributed by atoms with Crippen molar-refractivity contribution in [2.45, 2.75) is 78.3 Å². The Morgan fingerprint density at radius 1 is 1.19 bits per heavy atom. The molecular formula is C24H32O7. The van der Waals surface area contributed by atoms with E-state index in [2.05, 4.69) is 0 Å². The van der Waals surface area contributed by atoms with Crippen molar-refractivity contribution >= 4 is 11.9 Å². The maximum atomic E-state index is 12.6. The molecule has 0 aromatic rings. The van der Waals surface area contributed by atoms with Crippen molar-refractivity contribution in [3.05, 3.63) is 34.3 Å². The molecule has 7 nitrogen and oxygen atoms in total. The van der Waals surface area contributed by atoms with Gasteiger partial charge in [0.15, 0.2) is 5.79 Å². The molecule has 2 N–H and O–H groups in total. The number of rotatable bonds is 1. The van der Waals surface area contributed by atoms with Gasteiger partial charge in [0.1, 0.15) is 17.3 Å². The zero-order chi connectivity index (χ0) is 22.9. The Hall–Kier alpha value is -2.12. The SMILES string of the molecule is CC1=CC[C@@H]2C(C(C)C)=C(O)C(=O)O[C@@]2(C)CCC(C)=C2OC(=O)[C@H]3[C@@H]2[C@@H]1O[C@@]3(C)O. The lowest BCUT2D eigenvalue weighted by Gasteiger charge is -2.43. The molecule has 7 heteroatoms. The average Bonchev–Trinajstić information content (AvgIpc) is 3.16. The largest absolute Gasteiger partial charge is 0.502 e. The minimum Gasteiger partial charge on any atom is -0.502 e. The molecule has 0 bridgehead atoms. The van der Waals surface area contributed by atoms with Crippen molar-refractivity contribution in [1.29, 1.82) is 0 Å². The van der Waals surface area contributed by atoms with E-state index in [1.165, 1.54) is 6.92 Å². The summed E-state index contributed by atoms with van der Waals surface area (Å²) in [6.45, 7) is 11.2. The van der Waals surface area contributed by atoms with Gasteiger partial charge >= 0.3 is 11.9 Å². The van der Waals surface area contributed by atoms with Crippen molar-refractivity contribution in [1.82, 2.24) is 0 Å². The molecule has 0 unspecified atom stereocenters. The summed E-state index contributed by atoms with van der Waals surface area (Å²) in [5.74, 6) is -3.90. The van der Waals surface area contributed by atoms with E-state index in [4.69, 9.17) is 14.2 Å². The van der Waals surface area contributed by atoms with Crippen LogP contribution in [0.3, 0.4) is 0 Å². The average molecular weight is 433 g/mol. The molecule has 2 fully saturated rings. The fraction of sp³-hybridized carbons (Fsp3) is 0.667. The lowest BCUT2D eigenvalue weighted by molar-refractivity contribution is -0.201. The molecule has 0 amide bonds. The van der Waals surface area contributed by atoms with Gasteiger partial charge in [-0.15, -0.1) is 0 Å². The first-order chi connectivity index (χ1) is 14.4. The Morgan fingerprint density at radius 2 is 1.87 bits per heavy atom. The maximum Gasteiger partial charge on any atom is 0.373 e. The molecule has 170 valence electrons. The third-order valence-corrected chi connectivity index (χ3v) is 7.46. The molecule has 31 heavy (non-hydrogen) atoms. The van der Waals surface area contributed by atoms with Crippen molar-refractivity contribution in [3.8, 4) is 0 Å². The molecule has 3 aliphatic heterocycles. The summed E-state index contributed by atoms with van der Waals surface area (Å²) in [4.78, 5) is 25.1. The highest BCUT2D eigenvalue weighted by Gasteiger charge is 2.62. The van der Waals surface area contributed by atoms with Crippen LogP contribution in [0.4, 0.5) is 0 Å². The Labute approximate surface area is 182 Å². The van der Waals surface area contributed by atoms with Crippen LogP contribution in [-0.2, 0) is 23.8 Å². The van der Waals surface area contributed by atoms with Gasteiger partial charge in [-0.25, -0.2) is 4.79 Å². The molecule has 3 heterocycles. The van der Waals surface area contributed by atoms with E-state index in [1.807, 2.05) is 40.7 Å². The van der Waals surface area contributed by atoms with Crippen LogP contribution in [0.15, 0.2) is 34.3 Å². The lowest BCUT2D eigenvalue weighted by Crippen LogP contribution is -2.46. The number of hydrogen-bond acceptors (Lipinski definition) is 7. The first-order valence-corrected chi connectivity index (χ1v) is 11.0. The minimum atomic E-state index is -1.61. The molecule has 6 atom stereocenters. The van der Waals surface area contributed by atoms with Crippen LogP contribution in [0.1, 0.15) is 60.8 Å². The third-order valence-electron chi connectivity index (χ3n) is 7.46. The summed E-state index contributed by atoms with van der Waals surface area (Å²) in [6.07, 6.45) is 3.13. The highest BCUT2D eigenvalue weighted by Crippen LogP contribution is 2.53. The van der Waals surface area contributed by atoms with Crippen LogP contribution in [0.25, 0.3) is 0 Å². The van der Waals surface area contributed by atoms with E-state index < -0.39 is 35.3 Å². The number of esters is 2. The van der Waals surface area contributed by atoms with Crippen LogP contribution in [0.2, 0.25) is 0 Å². The number of fused-ring (bicyclic) bond motifs is 1. The second kappa shape index (κ2) is 7.20. The third kappa shape index (κ3) is 3.33. The van der Waals surface area contributed by atoms with Crippen molar-refractivity contribution in [3.63, 3.8) is 0 Å². The number of allylic oxidation sites excluding steroid dienone is 2. The number of aliphatic hydroxyl groups excluding tert-OH is 1. The molecule has 0 aromatic heterocycles. The number of aliphatic hydroxyl groups is 2. The second-order valence-electron chi connectivity index (χ2n) is 10.1. The fourth-order valence-corrected chi connectivity index (χ4v) is 5.75.